The molecule has 0 saturated carbocycles. The molecule has 0 aliphatic heterocycles. The van der Waals surface area contributed by atoms with E-state index in [1.165, 1.54) is 6.07 Å². The molecule has 0 bridgehead atoms. The Balaban J connectivity index is 0.00000364. The Hall–Kier alpha value is -1.85. The SMILES string of the molecule is CCc1nncn1CCNC(=NC)NC(C)c1cccc(C(F)(F)F)c1.I. The molecule has 0 saturated heterocycles. The Bertz CT molecular complexity index is 744. The van der Waals surface area contributed by atoms with E-state index >= 15 is 0 Å². The van der Waals surface area contributed by atoms with Gasteiger partial charge in [0.25, 0.3) is 0 Å². The highest BCUT2D eigenvalue weighted by Crippen LogP contribution is 2.30. The summed E-state index contributed by atoms with van der Waals surface area (Å²) in [5.41, 5.74) is -0.124. The predicted molar refractivity (Wildman–Crippen MR) is 109 cm³/mol. The number of hydrogen-bond acceptors (Lipinski definition) is 3. The third kappa shape index (κ3) is 6.67. The number of hydrogen-bond donors (Lipinski definition) is 2. The van der Waals surface area contributed by atoms with Gasteiger partial charge in [-0.1, -0.05) is 19.1 Å². The second kappa shape index (κ2) is 10.5. The number of halogens is 4. The summed E-state index contributed by atoms with van der Waals surface area (Å²) in [7, 11) is 1.62. The van der Waals surface area contributed by atoms with Gasteiger partial charge in [-0.05, 0) is 24.6 Å². The van der Waals surface area contributed by atoms with E-state index in [-0.39, 0.29) is 30.0 Å². The zero-order chi connectivity index (χ0) is 19.2. The third-order valence-corrected chi connectivity index (χ3v) is 3.95. The molecule has 2 rings (SSSR count). The first-order chi connectivity index (χ1) is 12.3. The van der Waals surface area contributed by atoms with Crippen LogP contribution in [0.1, 0.15) is 36.8 Å². The van der Waals surface area contributed by atoms with Crippen LogP contribution in [0, 0.1) is 0 Å². The second-order valence-electron chi connectivity index (χ2n) is 5.78. The zero-order valence-electron chi connectivity index (χ0n) is 15.4. The van der Waals surface area contributed by atoms with Gasteiger partial charge in [0.15, 0.2) is 5.96 Å². The van der Waals surface area contributed by atoms with Crippen molar-refractivity contribution in [3.8, 4) is 0 Å². The zero-order valence-corrected chi connectivity index (χ0v) is 17.7. The third-order valence-electron chi connectivity index (χ3n) is 3.95. The molecule has 0 amide bonds. The van der Waals surface area contributed by atoms with Gasteiger partial charge >= 0.3 is 6.18 Å². The predicted octanol–water partition coefficient (Wildman–Crippen LogP) is 3.40. The van der Waals surface area contributed by atoms with Crippen molar-refractivity contribution in [1.29, 1.82) is 0 Å². The van der Waals surface area contributed by atoms with Crippen LogP contribution in [-0.4, -0.2) is 34.3 Å². The van der Waals surface area contributed by atoms with Crippen LogP contribution in [0.3, 0.4) is 0 Å². The molecular weight excluding hydrogens is 472 g/mol. The van der Waals surface area contributed by atoms with Gasteiger partial charge in [0.1, 0.15) is 12.2 Å². The number of nitrogens with one attached hydrogen (secondary N) is 2. The van der Waals surface area contributed by atoms with Crippen molar-refractivity contribution < 1.29 is 13.2 Å². The summed E-state index contributed by atoms with van der Waals surface area (Å²) in [4.78, 5) is 4.12. The summed E-state index contributed by atoms with van der Waals surface area (Å²) in [5, 5.41) is 14.1. The number of nitrogens with zero attached hydrogens (tertiary/aromatic N) is 4. The minimum absolute atomic E-state index is 0. The smallest absolute Gasteiger partial charge is 0.355 e. The first-order valence-electron chi connectivity index (χ1n) is 8.36. The average Bonchev–Trinajstić information content (AvgIpc) is 3.07. The van der Waals surface area contributed by atoms with E-state index in [1.54, 1.807) is 26.4 Å². The molecule has 150 valence electrons. The maximum absolute atomic E-state index is 12.9. The van der Waals surface area contributed by atoms with Crippen LogP contribution in [-0.2, 0) is 19.1 Å². The van der Waals surface area contributed by atoms with Gasteiger partial charge in [0.2, 0.25) is 0 Å². The molecule has 1 aromatic heterocycles. The van der Waals surface area contributed by atoms with E-state index in [4.69, 9.17) is 0 Å². The number of guanidine groups is 1. The van der Waals surface area contributed by atoms with E-state index in [0.29, 0.717) is 24.6 Å². The first kappa shape index (κ1) is 23.2. The van der Waals surface area contributed by atoms with Crippen molar-refractivity contribution in [2.24, 2.45) is 4.99 Å². The Morgan fingerprint density at radius 1 is 1.33 bits per heavy atom. The molecule has 2 N–H and O–H groups in total. The summed E-state index contributed by atoms with van der Waals surface area (Å²) in [6.07, 6.45) is -1.90. The van der Waals surface area contributed by atoms with Crippen LogP contribution < -0.4 is 10.6 Å². The van der Waals surface area contributed by atoms with Crippen LogP contribution in [0.5, 0.6) is 0 Å². The highest BCUT2D eigenvalue weighted by atomic mass is 127. The van der Waals surface area contributed by atoms with Crippen molar-refractivity contribution in [1.82, 2.24) is 25.4 Å². The lowest BCUT2D eigenvalue weighted by molar-refractivity contribution is -0.137. The summed E-state index contributed by atoms with van der Waals surface area (Å²) in [6.45, 7) is 5.04. The molecule has 27 heavy (non-hydrogen) atoms. The molecule has 1 unspecified atom stereocenters. The van der Waals surface area contributed by atoms with Gasteiger partial charge in [-0.25, -0.2) is 0 Å². The highest BCUT2D eigenvalue weighted by Gasteiger charge is 2.30. The Morgan fingerprint density at radius 2 is 2.07 bits per heavy atom. The molecule has 0 radical (unpaired) electrons. The molecule has 1 atom stereocenters. The molecule has 0 aliphatic carbocycles. The normalized spacial score (nSPS) is 13.0. The first-order valence-corrected chi connectivity index (χ1v) is 8.36. The summed E-state index contributed by atoms with van der Waals surface area (Å²) >= 11 is 0. The van der Waals surface area contributed by atoms with Gasteiger partial charge < -0.3 is 15.2 Å². The van der Waals surface area contributed by atoms with Gasteiger partial charge in [-0.3, -0.25) is 4.99 Å². The molecule has 1 heterocycles. The summed E-state index contributed by atoms with van der Waals surface area (Å²) in [6, 6.07) is 4.95. The van der Waals surface area contributed by atoms with Crippen molar-refractivity contribution in [3.63, 3.8) is 0 Å². The number of benzene rings is 1. The molecule has 0 aliphatic rings. The van der Waals surface area contributed by atoms with E-state index in [9.17, 15) is 13.2 Å². The summed E-state index contributed by atoms with van der Waals surface area (Å²) < 4.78 is 40.5. The van der Waals surface area contributed by atoms with Gasteiger partial charge in [-0.2, -0.15) is 13.2 Å². The largest absolute Gasteiger partial charge is 0.416 e. The van der Waals surface area contributed by atoms with E-state index in [2.05, 4.69) is 25.8 Å². The molecule has 6 nitrogen and oxygen atoms in total. The van der Waals surface area contributed by atoms with Crippen LogP contribution in [0.25, 0.3) is 0 Å². The van der Waals surface area contributed by atoms with Crippen molar-refractivity contribution in [3.05, 3.63) is 47.5 Å². The number of aliphatic imine (C=N–C) groups is 1. The second-order valence-corrected chi connectivity index (χ2v) is 5.78. The van der Waals surface area contributed by atoms with Crippen LogP contribution >= 0.6 is 24.0 Å². The minimum atomic E-state index is -4.36. The van der Waals surface area contributed by atoms with E-state index in [0.717, 1.165) is 24.4 Å². The lowest BCUT2D eigenvalue weighted by Gasteiger charge is -2.19. The topological polar surface area (TPSA) is 67.1 Å². The quantitative estimate of drug-likeness (QED) is 0.366. The maximum Gasteiger partial charge on any atom is 0.416 e. The number of aromatic nitrogens is 3. The van der Waals surface area contributed by atoms with Gasteiger partial charge in [0.05, 0.1) is 11.6 Å². The summed E-state index contributed by atoms with van der Waals surface area (Å²) in [5.74, 6) is 1.41. The van der Waals surface area contributed by atoms with E-state index in [1.807, 2.05) is 11.5 Å². The molecule has 2 aromatic rings. The van der Waals surface area contributed by atoms with Gasteiger partial charge in [0, 0.05) is 26.6 Å². The number of alkyl halides is 3. The lowest BCUT2D eigenvalue weighted by atomic mass is 10.1. The Kier molecular flexibility index (Phi) is 9.00. The fourth-order valence-electron chi connectivity index (χ4n) is 2.50. The van der Waals surface area contributed by atoms with Crippen LogP contribution in [0.4, 0.5) is 13.2 Å². The molecule has 1 aromatic carbocycles. The molecule has 0 fully saturated rings. The van der Waals surface area contributed by atoms with E-state index < -0.39 is 11.7 Å². The molecule has 10 heteroatoms. The van der Waals surface area contributed by atoms with Crippen molar-refractivity contribution in [2.45, 2.75) is 39.0 Å². The number of aryl methyl sites for hydroxylation is 1. The highest BCUT2D eigenvalue weighted by molar-refractivity contribution is 14.0. The monoisotopic (exact) mass is 496 g/mol. The van der Waals surface area contributed by atoms with Crippen LogP contribution in [0.2, 0.25) is 0 Å². The average molecular weight is 496 g/mol. The standard InChI is InChI=1S/C17H23F3N6.HI/c1-4-15-25-23-11-26(15)9-8-22-16(21-3)24-12(2)13-6-5-7-14(10-13)17(18,19)20;/h5-7,10-12H,4,8-9H2,1-3H3,(H2,21,22,24);1H. The Morgan fingerprint density at radius 3 is 2.70 bits per heavy atom. The fraction of sp³-hybridized carbons (Fsp3) is 0.471. The number of rotatable bonds is 6. The van der Waals surface area contributed by atoms with Crippen LogP contribution in [0.15, 0.2) is 35.6 Å². The molecular formula is C17H24F3IN6. The fourth-order valence-corrected chi connectivity index (χ4v) is 2.50. The van der Waals surface area contributed by atoms with Gasteiger partial charge in [-0.15, -0.1) is 34.2 Å². The Labute approximate surface area is 173 Å². The maximum atomic E-state index is 12.9. The molecule has 0 spiro atoms. The minimum Gasteiger partial charge on any atom is -0.355 e. The lowest BCUT2D eigenvalue weighted by Crippen LogP contribution is -2.40. The van der Waals surface area contributed by atoms with Crippen molar-refractivity contribution in [2.75, 3.05) is 13.6 Å². The van der Waals surface area contributed by atoms with Crippen molar-refractivity contribution >= 4 is 29.9 Å².